The van der Waals surface area contributed by atoms with Gasteiger partial charge < -0.3 is 4.74 Å². The average molecular weight is 560 g/mol. The van der Waals surface area contributed by atoms with Crippen LogP contribution in [0.1, 0.15) is 37.8 Å². The maximum Gasteiger partial charge on any atom is 0.243 e. The molecule has 6 nitrogen and oxygen atoms in total. The first-order valence-electron chi connectivity index (χ1n) is 12.4. The lowest BCUT2D eigenvalue weighted by atomic mass is 9.74. The summed E-state index contributed by atoms with van der Waals surface area (Å²) in [6.07, 6.45) is 0. The zero-order valence-corrected chi connectivity index (χ0v) is 25.5. The van der Waals surface area contributed by atoms with Gasteiger partial charge in [0.15, 0.2) is 9.84 Å². The SMILES string of the molecule is COc1ccc(C2C3=C(S(=O)(=O)C(C)(C)C)CN(S(=O)(=O)c4ccc(C)cc4)CC3=C2[Si](C)(C)C)cc1. The van der Waals surface area contributed by atoms with Gasteiger partial charge in [0.25, 0.3) is 0 Å². The molecule has 37 heavy (non-hydrogen) atoms. The third-order valence-corrected chi connectivity index (χ3v) is 13.9. The highest BCUT2D eigenvalue weighted by Gasteiger charge is 2.51. The van der Waals surface area contributed by atoms with Gasteiger partial charge in [-0.2, -0.15) is 4.31 Å². The third-order valence-electron chi connectivity index (χ3n) is 7.23. The lowest BCUT2D eigenvalue weighted by molar-refractivity contribution is 0.414. The molecule has 0 aromatic heterocycles. The van der Waals surface area contributed by atoms with E-state index in [1.807, 2.05) is 31.2 Å². The van der Waals surface area contributed by atoms with E-state index < -0.39 is 32.7 Å². The summed E-state index contributed by atoms with van der Waals surface area (Å²) in [6.45, 7) is 13.6. The quantitative estimate of drug-likeness (QED) is 0.440. The van der Waals surface area contributed by atoms with E-state index in [-0.39, 0.29) is 28.8 Å². The van der Waals surface area contributed by atoms with E-state index in [1.54, 1.807) is 52.1 Å². The van der Waals surface area contributed by atoms with E-state index in [0.29, 0.717) is 0 Å². The van der Waals surface area contributed by atoms with E-state index in [1.165, 1.54) is 9.50 Å². The maximum atomic E-state index is 14.0. The van der Waals surface area contributed by atoms with Gasteiger partial charge in [-0.25, -0.2) is 16.8 Å². The molecule has 2 aromatic rings. The minimum Gasteiger partial charge on any atom is -0.497 e. The van der Waals surface area contributed by atoms with E-state index in [9.17, 15) is 16.8 Å². The van der Waals surface area contributed by atoms with Gasteiger partial charge in [0.2, 0.25) is 10.0 Å². The Morgan fingerprint density at radius 3 is 1.95 bits per heavy atom. The molecular formula is C28H37NO5S2Si. The molecule has 0 spiro atoms. The van der Waals surface area contributed by atoms with Crippen LogP contribution >= 0.6 is 0 Å². The molecule has 0 radical (unpaired) electrons. The fourth-order valence-corrected chi connectivity index (χ4v) is 10.5. The van der Waals surface area contributed by atoms with Crippen molar-refractivity contribution in [2.24, 2.45) is 0 Å². The van der Waals surface area contributed by atoms with Crippen molar-refractivity contribution in [3.8, 4) is 5.75 Å². The van der Waals surface area contributed by atoms with Crippen LogP contribution in [-0.2, 0) is 19.9 Å². The van der Waals surface area contributed by atoms with Gasteiger partial charge in [-0.05, 0) is 68.7 Å². The number of methoxy groups -OCH3 is 1. The number of sulfone groups is 1. The van der Waals surface area contributed by atoms with Crippen LogP contribution < -0.4 is 4.74 Å². The smallest absolute Gasteiger partial charge is 0.243 e. The summed E-state index contributed by atoms with van der Waals surface area (Å²) >= 11 is 0. The summed E-state index contributed by atoms with van der Waals surface area (Å²) < 4.78 is 61.1. The van der Waals surface area contributed by atoms with Gasteiger partial charge in [0, 0.05) is 12.5 Å². The summed E-state index contributed by atoms with van der Waals surface area (Å²) in [4.78, 5) is 0.398. The molecule has 0 saturated carbocycles. The zero-order valence-electron chi connectivity index (χ0n) is 22.9. The Morgan fingerprint density at radius 2 is 1.46 bits per heavy atom. The molecule has 1 aliphatic carbocycles. The first kappa shape index (κ1) is 27.8. The van der Waals surface area contributed by atoms with Crippen LogP contribution in [0, 0.1) is 6.92 Å². The van der Waals surface area contributed by atoms with Crippen LogP contribution in [0.4, 0.5) is 0 Å². The highest BCUT2D eigenvalue weighted by Crippen LogP contribution is 2.56. The van der Waals surface area contributed by atoms with Crippen molar-refractivity contribution in [1.82, 2.24) is 4.31 Å². The summed E-state index contributed by atoms with van der Waals surface area (Å²) in [5, 5.41) is 1.21. The Balaban J connectivity index is 1.96. The molecule has 0 fully saturated rings. The first-order chi connectivity index (χ1) is 17.0. The number of ether oxygens (including phenoxy) is 1. The number of sulfonamides is 1. The molecule has 2 aliphatic rings. The molecule has 4 rings (SSSR count). The molecule has 1 aliphatic heterocycles. The van der Waals surface area contributed by atoms with Gasteiger partial charge in [0.05, 0.1) is 36.3 Å². The minimum atomic E-state index is -3.90. The van der Waals surface area contributed by atoms with E-state index in [2.05, 4.69) is 19.6 Å². The molecule has 1 heterocycles. The van der Waals surface area contributed by atoms with Gasteiger partial charge >= 0.3 is 0 Å². The largest absolute Gasteiger partial charge is 0.497 e. The molecule has 0 amide bonds. The average Bonchev–Trinajstić information content (AvgIpc) is 2.78. The van der Waals surface area contributed by atoms with E-state index >= 15 is 0 Å². The fraction of sp³-hybridized carbons (Fsp3) is 0.429. The van der Waals surface area contributed by atoms with Crippen LogP contribution in [0.2, 0.25) is 19.6 Å². The second-order valence-corrected chi connectivity index (χ2v) is 21.6. The second kappa shape index (κ2) is 9.22. The van der Waals surface area contributed by atoms with Crippen molar-refractivity contribution in [2.75, 3.05) is 20.2 Å². The summed E-state index contributed by atoms with van der Waals surface area (Å²) in [7, 11) is -8.05. The minimum absolute atomic E-state index is 0.163. The molecule has 0 saturated heterocycles. The van der Waals surface area contributed by atoms with Crippen molar-refractivity contribution in [3.63, 3.8) is 0 Å². The number of fused-ring (bicyclic) bond motifs is 1. The summed E-state index contributed by atoms with van der Waals surface area (Å²) in [6, 6.07) is 14.5. The molecule has 1 unspecified atom stereocenters. The standard InChI is InChI=1S/C28H37NO5S2Si/c1-19-9-15-22(16-10-19)36(32,33)29-17-23-26(24(18-29)35(30,31)28(2,3)4)25(27(23)37(6,7)8)20-11-13-21(34-5)14-12-20/h9-16,25H,17-18H2,1-8H3. The number of rotatable bonds is 6. The third kappa shape index (κ3) is 4.75. The normalized spacial score (nSPS) is 19.5. The predicted octanol–water partition coefficient (Wildman–Crippen LogP) is 5.45. The molecule has 0 N–H and O–H groups in total. The second-order valence-electron chi connectivity index (χ2n) is 11.9. The monoisotopic (exact) mass is 559 g/mol. The Kier molecular flexibility index (Phi) is 6.93. The maximum absolute atomic E-state index is 14.0. The first-order valence-corrected chi connectivity index (χ1v) is 18.8. The van der Waals surface area contributed by atoms with E-state index in [0.717, 1.165) is 28.0 Å². The molecule has 200 valence electrons. The molecule has 0 bridgehead atoms. The molecule has 1 atom stereocenters. The topological polar surface area (TPSA) is 80.8 Å². The van der Waals surface area contributed by atoms with Crippen molar-refractivity contribution in [2.45, 2.75) is 62.9 Å². The van der Waals surface area contributed by atoms with Crippen molar-refractivity contribution >= 4 is 27.9 Å². The number of aryl methyl sites for hydroxylation is 1. The highest BCUT2D eigenvalue weighted by molar-refractivity contribution is 7.96. The van der Waals surface area contributed by atoms with Crippen LogP contribution in [0.3, 0.4) is 0 Å². The van der Waals surface area contributed by atoms with Crippen LogP contribution in [0.25, 0.3) is 0 Å². The number of benzene rings is 2. The van der Waals surface area contributed by atoms with Gasteiger partial charge in [-0.3, -0.25) is 0 Å². The highest BCUT2D eigenvalue weighted by atomic mass is 32.2. The van der Waals surface area contributed by atoms with Crippen LogP contribution in [0.15, 0.2) is 74.7 Å². The molecule has 9 heteroatoms. The zero-order chi connectivity index (χ0) is 27.6. The van der Waals surface area contributed by atoms with E-state index in [4.69, 9.17) is 4.74 Å². The molecule has 2 aromatic carbocycles. The van der Waals surface area contributed by atoms with Gasteiger partial charge in [-0.1, -0.05) is 54.7 Å². The Hall–Kier alpha value is -2.20. The van der Waals surface area contributed by atoms with Gasteiger partial charge in [0.1, 0.15) is 5.75 Å². The van der Waals surface area contributed by atoms with Crippen molar-refractivity contribution in [1.29, 1.82) is 0 Å². The number of hydrogen-bond acceptors (Lipinski definition) is 5. The predicted molar refractivity (Wildman–Crippen MR) is 152 cm³/mol. The lowest BCUT2D eigenvalue weighted by Crippen LogP contribution is -2.49. The number of allylic oxidation sites excluding steroid dienone is 1. The fourth-order valence-electron chi connectivity index (χ4n) is 5.18. The number of nitrogens with zero attached hydrogens (tertiary/aromatic N) is 1. The molecular weight excluding hydrogens is 523 g/mol. The Bertz CT molecular complexity index is 1490. The summed E-state index contributed by atoms with van der Waals surface area (Å²) in [5.41, 5.74) is 3.63. The van der Waals surface area contributed by atoms with Crippen LogP contribution in [-0.4, -0.2) is 54.2 Å². The summed E-state index contributed by atoms with van der Waals surface area (Å²) in [5.74, 6) is 0.571. The Labute approximate surface area is 223 Å². The lowest BCUT2D eigenvalue weighted by Gasteiger charge is -2.49. The van der Waals surface area contributed by atoms with Crippen molar-refractivity contribution < 1.29 is 21.6 Å². The van der Waals surface area contributed by atoms with Crippen molar-refractivity contribution in [3.05, 3.63) is 80.9 Å². The number of hydrogen-bond donors (Lipinski definition) is 0. The van der Waals surface area contributed by atoms with Crippen LogP contribution in [0.5, 0.6) is 5.75 Å². The van der Waals surface area contributed by atoms with Gasteiger partial charge in [-0.15, -0.1) is 0 Å². The Morgan fingerprint density at radius 1 is 0.892 bits per heavy atom.